The first-order valence-corrected chi connectivity index (χ1v) is 10.1. The third-order valence-corrected chi connectivity index (χ3v) is 5.93. The lowest BCUT2D eigenvalue weighted by atomic mass is 9.83. The van der Waals surface area contributed by atoms with Crippen molar-refractivity contribution in [1.29, 1.82) is 5.26 Å². The van der Waals surface area contributed by atoms with Crippen LogP contribution in [0.15, 0.2) is 48.5 Å². The minimum Gasteiger partial charge on any atom is -0.383 e. The quantitative estimate of drug-likeness (QED) is 0.793. The Morgan fingerprint density at radius 3 is 2.72 bits per heavy atom. The van der Waals surface area contributed by atoms with Gasteiger partial charge in [0.25, 0.3) is 0 Å². The number of ether oxygens (including phenoxy) is 1. The molecule has 2 heterocycles. The van der Waals surface area contributed by atoms with E-state index < -0.39 is 0 Å². The second-order valence-electron chi connectivity index (χ2n) is 7.56. The second kappa shape index (κ2) is 8.54. The number of amides is 1. The lowest BCUT2D eigenvalue weighted by Gasteiger charge is -2.49. The van der Waals surface area contributed by atoms with Gasteiger partial charge < -0.3 is 19.9 Å². The molecule has 2 aliphatic rings. The van der Waals surface area contributed by atoms with Gasteiger partial charge in [-0.15, -0.1) is 0 Å². The molecule has 2 atom stereocenters. The van der Waals surface area contributed by atoms with Crippen LogP contribution >= 0.6 is 0 Å². The number of anilines is 2. The molecule has 4 rings (SSSR count). The van der Waals surface area contributed by atoms with Crippen molar-refractivity contribution in [3.63, 3.8) is 0 Å². The summed E-state index contributed by atoms with van der Waals surface area (Å²) in [5.41, 5.74) is 4.08. The van der Waals surface area contributed by atoms with Gasteiger partial charge in [0.2, 0.25) is 5.91 Å². The highest BCUT2D eigenvalue weighted by molar-refractivity contribution is 5.82. The Hall–Kier alpha value is -3.04. The summed E-state index contributed by atoms with van der Waals surface area (Å²) in [6.45, 7) is 3.38. The van der Waals surface area contributed by atoms with E-state index in [4.69, 9.17) is 4.74 Å². The first kappa shape index (κ1) is 19.3. The zero-order valence-electron chi connectivity index (χ0n) is 16.7. The molecule has 0 aliphatic carbocycles. The largest absolute Gasteiger partial charge is 0.383 e. The van der Waals surface area contributed by atoms with E-state index in [0.717, 1.165) is 31.7 Å². The molecule has 0 radical (unpaired) electrons. The molecule has 1 amide bonds. The average Bonchev–Trinajstić information content (AvgIpc) is 2.78. The number of fused-ring (bicyclic) bond motifs is 3. The summed E-state index contributed by atoms with van der Waals surface area (Å²) in [4.78, 5) is 17.7. The Morgan fingerprint density at radius 2 is 1.93 bits per heavy atom. The highest BCUT2D eigenvalue weighted by atomic mass is 16.5. The molecular formula is C23H26N4O2. The van der Waals surface area contributed by atoms with Crippen LogP contribution in [0.4, 0.5) is 11.4 Å². The molecular weight excluding hydrogens is 364 g/mol. The first-order chi connectivity index (χ1) is 14.2. The molecule has 2 aliphatic heterocycles. The van der Waals surface area contributed by atoms with Crippen LogP contribution in [0.1, 0.15) is 11.1 Å². The van der Waals surface area contributed by atoms with E-state index in [1.807, 2.05) is 30.3 Å². The van der Waals surface area contributed by atoms with E-state index in [1.165, 1.54) is 11.3 Å². The summed E-state index contributed by atoms with van der Waals surface area (Å²) in [6, 6.07) is 18.5. The van der Waals surface area contributed by atoms with Crippen LogP contribution in [0.25, 0.3) is 0 Å². The van der Waals surface area contributed by atoms with Gasteiger partial charge in [-0.3, -0.25) is 4.79 Å². The molecule has 1 fully saturated rings. The van der Waals surface area contributed by atoms with Crippen LogP contribution in [-0.2, 0) is 16.0 Å². The maximum atomic E-state index is 13.0. The van der Waals surface area contributed by atoms with E-state index >= 15 is 0 Å². The average molecular weight is 390 g/mol. The van der Waals surface area contributed by atoms with Gasteiger partial charge in [-0.25, -0.2) is 0 Å². The molecule has 1 N–H and O–H groups in total. The lowest BCUT2D eigenvalue weighted by molar-refractivity contribution is -0.126. The SMILES string of the molecule is COCCNC(=O)[C@@H]1Cc2ccccc2N2CCN(c3ccccc3C#N)C[C@@H]12. The highest BCUT2D eigenvalue weighted by Gasteiger charge is 2.41. The van der Waals surface area contributed by atoms with Crippen LogP contribution in [0, 0.1) is 17.2 Å². The van der Waals surface area contributed by atoms with Crippen molar-refractivity contribution in [3.05, 3.63) is 59.7 Å². The Kier molecular flexibility index (Phi) is 5.68. The van der Waals surface area contributed by atoms with Crippen molar-refractivity contribution in [2.24, 2.45) is 5.92 Å². The predicted molar refractivity (Wildman–Crippen MR) is 113 cm³/mol. The fraction of sp³-hybridized carbons (Fsp3) is 0.391. The van der Waals surface area contributed by atoms with Crippen LogP contribution in [-0.4, -0.2) is 51.8 Å². The summed E-state index contributed by atoms with van der Waals surface area (Å²) >= 11 is 0. The second-order valence-corrected chi connectivity index (χ2v) is 7.56. The van der Waals surface area contributed by atoms with Crippen LogP contribution < -0.4 is 15.1 Å². The predicted octanol–water partition coefficient (Wildman–Crippen LogP) is 2.19. The van der Waals surface area contributed by atoms with Gasteiger partial charge in [-0.05, 0) is 30.2 Å². The number of benzene rings is 2. The minimum atomic E-state index is -0.140. The van der Waals surface area contributed by atoms with Gasteiger partial charge in [-0.1, -0.05) is 30.3 Å². The standard InChI is InChI=1S/C23H26N4O2/c1-29-13-10-25-23(28)19-14-17-6-2-5-9-21(17)27-12-11-26(16-22(19)27)20-8-4-3-7-18(20)15-24/h2-9,19,22H,10-14,16H2,1H3,(H,25,28)/t19-,22+/m1/s1. The smallest absolute Gasteiger partial charge is 0.225 e. The van der Waals surface area contributed by atoms with E-state index in [0.29, 0.717) is 18.7 Å². The Balaban J connectivity index is 1.63. The number of nitriles is 1. The van der Waals surface area contributed by atoms with Crippen LogP contribution in [0.3, 0.4) is 0 Å². The van der Waals surface area contributed by atoms with Crippen LogP contribution in [0.2, 0.25) is 0 Å². The number of hydrogen-bond acceptors (Lipinski definition) is 5. The zero-order chi connectivity index (χ0) is 20.2. The van der Waals surface area contributed by atoms with E-state index in [-0.39, 0.29) is 17.9 Å². The third kappa shape index (κ3) is 3.79. The summed E-state index contributed by atoms with van der Waals surface area (Å²) in [6.07, 6.45) is 0.726. The Bertz CT molecular complexity index is 923. The molecule has 0 saturated carbocycles. The van der Waals surface area contributed by atoms with Gasteiger partial charge in [-0.2, -0.15) is 5.26 Å². The summed E-state index contributed by atoms with van der Waals surface area (Å²) < 4.78 is 5.08. The number of nitrogens with one attached hydrogen (secondary N) is 1. The van der Waals surface area contributed by atoms with Gasteiger partial charge in [0.05, 0.1) is 29.8 Å². The number of carbonyl (C=O) groups is 1. The monoisotopic (exact) mass is 390 g/mol. The molecule has 2 aromatic carbocycles. The molecule has 6 heteroatoms. The number of para-hydroxylation sites is 2. The molecule has 0 bridgehead atoms. The normalized spacial score (nSPS) is 20.4. The third-order valence-electron chi connectivity index (χ3n) is 5.93. The van der Waals surface area contributed by atoms with E-state index in [2.05, 4.69) is 39.4 Å². The zero-order valence-corrected chi connectivity index (χ0v) is 16.7. The number of nitrogens with zero attached hydrogens (tertiary/aromatic N) is 3. The molecule has 0 unspecified atom stereocenters. The van der Waals surface area contributed by atoms with Crippen molar-refractivity contribution in [1.82, 2.24) is 5.32 Å². The van der Waals surface area contributed by atoms with Crippen LogP contribution in [0.5, 0.6) is 0 Å². The molecule has 2 aromatic rings. The van der Waals surface area contributed by atoms with Crippen molar-refractivity contribution < 1.29 is 9.53 Å². The topological polar surface area (TPSA) is 68.6 Å². The summed E-state index contributed by atoms with van der Waals surface area (Å²) in [7, 11) is 1.64. The molecule has 29 heavy (non-hydrogen) atoms. The van der Waals surface area contributed by atoms with Crippen molar-refractivity contribution >= 4 is 17.3 Å². The Labute approximate surface area is 171 Å². The summed E-state index contributed by atoms with van der Waals surface area (Å²) in [5, 5.41) is 12.5. The van der Waals surface area contributed by atoms with Crippen molar-refractivity contribution in [3.8, 4) is 6.07 Å². The maximum absolute atomic E-state index is 13.0. The van der Waals surface area contributed by atoms with E-state index in [1.54, 1.807) is 7.11 Å². The summed E-state index contributed by atoms with van der Waals surface area (Å²) in [5.74, 6) is -0.0687. The molecule has 1 saturated heterocycles. The Morgan fingerprint density at radius 1 is 1.17 bits per heavy atom. The number of piperazine rings is 1. The van der Waals surface area contributed by atoms with Gasteiger partial charge >= 0.3 is 0 Å². The van der Waals surface area contributed by atoms with Gasteiger partial charge in [0.1, 0.15) is 6.07 Å². The van der Waals surface area contributed by atoms with Crippen molar-refractivity contribution in [2.75, 3.05) is 49.7 Å². The molecule has 0 spiro atoms. The van der Waals surface area contributed by atoms with Crippen molar-refractivity contribution in [2.45, 2.75) is 12.5 Å². The maximum Gasteiger partial charge on any atom is 0.225 e. The molecule has 0 aromatic heterocycles. The fourth-order valence-electron chi connectivity index (χ4n) is 4.53. The first-order valence-electron chi connectivity index (χ1n) is 10.1. The highest BCUT2D eigenvalue weighted by Crippen LogP contribution is 2.37. The number of hydrogen-bond donors (Lipinski definition) is 1. The fourth-order valence-corrected chi connectivity index (χ4v) is 4.53. The number of methoxy groups -OCH3 is 1. The molecule has 6 nitrogen and oxygen atoms in total. The number of rotatable bonds is 5. The number of carbonyl (C=O) groups excluding carboxylic acids is 1. The molecule has 150 valence electrons. The minimum absolute atomic E-state index is 0.0629. The lowest BCUT2D eigenvalue weighted by Crippen LogP contribution is -2.61. The van der Waals surface area contributed by atoms with Gasteiger partial charge in [0, 0.05) is 39.0 Å². The van der Waals surface area contributed by atoms with Gasteiger partial charge in [0.15, 0.2) is 0 Å². The van der Waals surface area contributed by atoms with E-state index in [9.17, 15) is 10.1 Å².